The van der Waals surface area contributed by atoms with Crippen LogP contribution in [0.1, 0.15) is 11.1 Å². The molecule has 0 radical (unpaired) electrons. The van der Waals surface area contributed by atoms with Gasteiger partial charge in [-0.05, 0) is 24.1 Å². The van der Waals surface area contributed by atoms with E-state index < -0.39 is 0 Å². The number of halogens is 1. The van der Waals surface area contributed by atoms with E-state index in [0.717, 1.165) is 18.5 Å². The molecule has 2 aromatic carbocycles. The summed E-state index contributed by atoms with van der Waals surface area (Å²) in [7, 11) is 1.53. The van der Waals surface area contributed by atoms with E-state index >= 15 is 0 Å². The molecule has 3 rings (SSSR count). The molecule has 0 bridgehead atoms. The number of phenolic OH excluding ortho intramolecular Hbond substituents is 1. The van der Waals surface area contributed by atoms with E-state index in [1.54, 1.807) is 12.1 Å². The predicted molar refractivity (Wildman–Crippen MR) is 80.9 cm³/mol. The number of rotatable bonds is 3. The molecule has 0 fully saturated rings. The first-order chi connectivity index (χ1) is 9.69. The number of aromatic hydroxyl groups is 1. The lowest BCUT2D eigenvalue weighted by Crippen LogP contribution is -2.19. The van der Waals surface area contributed by atoms with Crippen molar-refractivity contribution in [1.82, 2.24) is 0 Å². The van der Waals surface area contributed by atoms with Crippen LogP contribution in [0.2, 0.25) is 5.02 Å². The first kappa shape index (κ1) is 13.1. The zero-order chi connectivity index (χ0) is 14.1. The second kappa shape index (κ2) is 5.25. The quantitative estimate of drug-likeness (QED) is 0.937. The molecular formula is C16H16ClNO2. The minimum absolute atomic E-state index is 0.168. The molecule has 1 aliphatic heterocycles. The fraction of sp³-hybridized carbons (Fsp3) is 0.250. The summed E-state index contributed by atoms with van der Waals surface area (Å²) in [6.45, 7) is 1.58. The number of benzene rings is 2. The van der Waals surface area contributed by atoms with E-state index in [4.69, 9.17) is 16.3 Å². The molecule has 104 valence electrons. The van der Waals surface area contributed by atoms with Gasteiger partial charge < -0.3 is 14.7 Å². The summed E-state index contributed by atoms with van der Waals surface area (Å²) in [6, 6.07) is 11.8. The maximum absolute atomic E-state index is 10.2. The number of phenols is 1. The van der Waals surface area contributed by atoms with Crippen molar-refractivity contribution in [2.45, 2.75) is 13.0 Å². The monoisotopic (exact) mass is 289 g/mol. The van der Waals surface area contributed by atoms with Gasteiger partial charge in [0.15, 0.2) is 11.5 Å². The molecule has 0 aliphatic carbocycles. The standard InChI is InChI=1S/C16H16ClNO2/c1-20-15-9-13(17)8-12(16(15)19)10-18-7-6-11-4-2-3-5-14(11)18/h2-5,8-9,19H,6-7,10H2,1H3. The van der Waals surface area contributed by atoms with Crippen molar-refractivity contribution in [2.24, 2.45) is 0 Å². The van der Waals surface area contributed by atoms with Crippen LogP contribution >= 0.6 is 11.6 Å². The number of hydrogen-bond donors (Lipinski definition) is 1. The number of ether oxygens (including phenoxy) is 1. The summed E-state index contributed by atoms with van der Waals surface area (Å²) >= 11 is 6.08. The van der Waals surface area contributed by atoms with E-state index in [9.17, 15) is 5.11 Å². The van der Waals surface area contributed by atoms with Crippen molar-refractivity contribution in [3.8, 4) is 11.5 Å². The van der Waals surface area contributed by atoms with Gasteiger partial charge in [0, 0.05) is 35.4 Å². The highest BCUT2D eigenvalue weighted by atomic mass is 35.5. The molecule has 0 aromatic heterocycles. The minimum Gasteiger partial charge on any atom is -0.504 e. The number of hydrogen-bond acceptors (Lipinski definition) is 3. The Morgan fingerprint density at radius 2 is 2.10 bits per heavy atom. The van der Waals surface area contributed by atoms with Crippen LogP contribution in [0.3, 0.4) is 0 Å². The Hall–Kier alpha value is -1.87. The molecule has 0 unspecified atom stereocenters. The molecule has 2 aromatic rings. The van der Waals surface area contributed by atoms with Gasteiger partial charge in [0.25, 0.3) is 0 Å². The van der Waals surface area contributed by atoms with Gasteiger partial charge >= 0.3 is 0 Å². The summed E-state index contributed by atoms with van der Waals surface area (Å²) in [6.07, 6.45) is 1.04. The molecule has 1 N–H and O–H groups in total. The van der Waals surface area contributed by atoms with Crippen molar-refractivity contribution < 1.29 is 9.84 Å². The molecule has 4 heteroatoms. The summed E-state index contributed by atoms with van der Waals surface area (Å²) in [5, 5.41) is 10.8. The average Bonchev–Trinajstić information content (AvgIpc) is 2.86. The minimum atomic E-state index is 0.168. The van der Waals surface area contributed by atoms with E-state index in [1.807, 2.05) is 6.07 Å². The van der Waals surface area contributed by atoms with E-state index in [2.05, 4.69) is 23.1 Å². The van der Waals surface area contributed by atoms with Gasteiger partial charge in [-0.25, -0.2) is 0 Å². The Labute approximate surface area is 123 Å². The molecule has 0 amide bonds. The Morgan fingerprint density at radius 1 is 1.30 bits per heavy atom. The summed E-state index contributed by atoms with van der Waals surface area (Å²) < 4.78 is 5.15. The van der Waals surface area contributed by atoms with Crippen molar-refractivity contribution >= 4 is 17.3 Å². The van der Waals surface area contributed by atoms with Crippen LogP contribution in [0, 0.1) is 0 Å². The third-order valence-corrected chi connectivity index (χ3v) is 3.90. The molecule has 20 heavy (non-hydrogen) atoms. The van der Waals surface area contributed by atoms with Crippen LogP contribution in [0.25, 0.3) is 0 Å². The third kappa shape index (κ3) is 2.29. The maximum atomic E-state index is 10.2. The van der Waals surface area contributed by atoms with Crippen molar-refractivity contribution in [3.05, 3.63) is 52.5 Å². The SMILES string of the molecule is COc1cc(Cl)cc(CN2CCc3ccccc32)c1O. The number of anilines is 1. The highest BCUT2D eigenvalue weighted by Gasteiger charge is 2.20. The van der Waals surface area contributed by atoms with Crippen molar-refractivity contribution in [2.75, 3.05) is 18.6 Å². The Kier molecular flexibility index (Phi) is 3.45. The normalized spacial score (nSPS) is 13.4. The first-order valence-corrected chi connectivity index (χ1v) is 6.95. The summed E-state index contributed by atoms with van der Waals surface area (Å²) in [5.41, 5.74) is 3.36. The summed E-state index contributed by atoms with van der Waals surface area (Å²) in [5.74, 6) is 0.585. The zero-order valence-electron chi connectivity index (χ0n) is 11.3. The molecular weight excluding hydrogens is 274 g/mol. The van der Waals surface area contributed by atoms with Gasteiger partial charge in [-0.3, -0.25) is 0 Å². The molecule has 0 atom stereocenters. The third-order valence-electron chi connectivity index (χ3n) is 3.68. The lowest BCUT2D eigenvalue weighted by atomic mass is 10.1. The second-order valence-electron chi connectivity index (χ2n) is 4.92. The number of methoxy groups -OCH3 is 1. The van der Waals surface area contributed by atoms with Gasteiger partial charge in [0.2, 0.25) is 0 Å². The second-order valence-corrected chi connectivity index (χ2v) is 5.35. The first-order valence-electron chi connectivity index (χ1n) is 6.57. The molecule has 0 saturated heterocycles. The predicted octanol–water partition coefficient (Wildman–Crippen LogP) is 3.62. The van der Waals surface area contributed by atoms with Crippen LogP contribution in [0.4, 0.5) is 5.69 Å². The smallest absolute Gasteiger partial charge is 0.162 e. The lowest BCUT2D eigenvalue weighted by Gasteiger charge is -2.21. The fourth-order valence-electron chi connectivity index (χ4n) is 2.68. The highest BCUT2D eigenvalue weighted by molar-refractivity contribution is 6.30. The molecule has 1 heterocycles. The Morgan fingerprint density at radius 3 is 2.90 bits per heavy atom. The maximum Gasteiger partial charge on any atom is 0.162 e. The van der Waals surface area contributed by atoms with E-state index in [1.165, 1.54) is 18.4 Å². The topological polar surface area (TPSA) is 32.7 Å². The molecule has 0 spiro atoms. The van der Waals surface area contributed by atoms with E-state index in [0.29, 0.717) is 17.3 Å². The lowest BCUT2D eigenvalue weighted by molar-refractivity contribution is 0.370. The Bertz CT molecular complexity index is 642. The molecule has 0 saturated carbocycles. The van der Waals surface area contributed by atoms with Crippen LogP contribution < -0.4 is 9.64 Å². The van der Waals surface area contributed by atoms with Gasteiger partial charge in [-0.1, -0.05) is 29.8 Å². The van der Waals surface area contributed by atoms with Gasteiger partial charge in [0.1, 0.15) is 0 Å². The molecule has 1 aliphatic rings. The van der Waals surface area contributed by atoms with Crippen molar-refractivity contribution in [3.63, 3.8) is 0 Å². The largest absolute Gasteiger partial charge is 0.504 e. The Balaban J connectivity index is 1.91. The van der Waals surface area contributed by atoms with Gasteiger partial charge in [-0.2, -0.15) is 0 Å². The number of fused-ring (bicyclic) bond motifs is 1. The van der Waals surface area contributed by atoms with Crippen LogP contribution in [-0.4, -0.2) is 18.8 Å². The van der Waals surface area contributed by atoms with E-state index in [-0.39, 0.29) is 5.75 Å². The average molecular weight is 290 g/mol. The van der Waals surface area contributed by atoms with Gasteiger partial charge in [0.05, 0.1) is 7.11 Å². The summed E-state index contributed by atoms with van der Waals surface area (Å²) in [4.78, 5) is 2.25. The van der Waals surface area contributed by atoms with Crippen LogP contribution in [-0.2, 0) is 13.0 Å². The van der Waals surface area contributed by atoms with Crippen LogP contribution in [0.15, 0.2) is 36.4 Å². The highest BCUT2D eigenvalue weighted by Crippen LogP contribution is 2.36. The molecule has 3 nitrogen and oxygen atoms in total. The number of para-hydroxylation sites is 1. The van der Waals surface area contributed by atoms with Crippen molar-refractivity contribution in [1.29, 1.82) is 0 Å². The van der Waals surface area contributed by atoms with Crippen LogP contribution in [0.5, 0.6) is 11.5 Å². The number of nitrogens with zero attached hydrogens (tertiary/aromatic N) is 1. The van der Waals surface area contributed by atoms with Gasteiger partial charge in [-0.15, -0.1) is 0 Å². The fourth-order valence-corrected chi connectivity index (χ4v) is 2.91. The zero-order valence-corrected chi connectivity index (χ0v) is 12.0.